The van der Waals surface area contributed by atoms with Gasteiger partial charge in [0.2, 0.25) is 0 Å². The third-order valence-corrected chi connectivity index (χ3v) is 4.28. The van der Waals surface area contributed by atoms with E-state index >= 15 is 0 Å². The molecule has 2 rings (SSSR count). The van der Waals surface area contributed by atoms with Crippen molar-refractivity contribution in [2.24, 2.45) is 5.92 Å². The first-order valence-corrected chi connectivity index (χ1v) is 7.87. The maximum Gasteiger partial charge on any atom is 0.251 e. The zero-order chi connectivity index (χ0) is 14.4. The van der Waals surface area contributed by atoms with Crippen LogP contribution in [0.3, 0.4) is 0 Å². The summed E-state index contributed by atoms with van der Waals surface area (Å²) in [4.78, 5) is 14.4. The largest absolute Gasteiger partial charge is 0.372 e. The number of benzene rings is 1. The van der Waals surface area contributed by atoms with Gasteiger partial charge in [0.15, 0.2) is 0 Å². The minimum Gasteiger partial charge on any atom is -0.372 e. The van der Waals surface area contributed by atoms with Gasteiger partial charge in [-0.05, 0) is 56.9 Å². The van der Waals surface area contributed by atoms with E-state index < -0.39 is 0 Å². The van der Waals surface area contributed by atoms with Gasteiger partial charge in [-0.15, -0.1) is 0 Å². The fourth-order valence-electron chi connectivity index (χ4n) is 2.97. The molecule has 0 radical (unpaired) electrons. The maximum atomic E-state index is 12.1. The highest BCUT2D eigenvalue weighted by Gasteiger charge is 2.16. The molecule has 3 heteroatoms. The number of carbonyl (C=O) groups is 1. The first-order valence-electron chi connectivity index (χ1n) is 7.87. The van der Waals surface area contributed by atoms with Gasteiger partial charge < -0.3 is 10.2 Å². The Morgan fingerprint density at radius 2 is 1.75 bits per heavy atom. The van der Waals surface area contributed by atoms with Gasteiger partial charge in [0, 0.05) is 30.9 Å². The molecule has 1 aromatic rings. The van der Waals surface area contributed by atoms with Crippen LogP contribution in [0.5, 0.6) is 0 Å². The van der Waals surface area contributed by atoms with Gasteiger partial charge in [0.1, 0.15) is 0 Å². The molecule has 3 nitrogen and oxygen atoms in total. The van der Waals surface area contributed by atoms with Crippen molar-refractivity contribution in [3.8, 4) is 0 Å². The van der Waals surface area contributed by atoms with Crippen LogP contribution in [0.4, 0.5) is 5.69 Å². The number of anilines is 1. The van der Waals surface area contributed by atoms with Crippen LogP contribution in [-0.2, 0) is 0 Å². The Morgan fingerprint density at radius 3 is 2.30 bits per heavy atom. The summed E-state index contributed by atoms with van der Waals surface area (Å²) in [6.45, 7) is 7.10. The summed E-state index contributed by atoms with van der Waals surface area (Å²) < 4.78 is 0. The third-order valence-electron chi connectivity index (χ3n) is 4.28. The van der Waals surface area contributed by atoms with Gasteiger partial charge in [-0.3, -0.25) is 4.79 Å². The average molecular weight is 274 g/mol. The molecule has 0 saturated heterocycles. The number of hydrogen-bond donors (Lipinski definition) is 1. The molecular weight excluding hydrogens is 248 g/mol. The van der Waals surface area contributed by atoms with E-state index in [-0.39, 0.29) is 5.91 Å². The van der Waals surface area contributed by atoms with Crippen LogP contribution in [0.15, 0.2) is 24.3 Å². The number of rotatable bonds is 6. The highest BCUT2D eigenvalue weighted by atomic mass is 16.1. The van der Waals surface area contributed by atoms with E-state index in [0.29, 0.717) is 5.92 Å². The second-order valence-electron chi connectivity index (χ2n) is 5.58. The quantitative estimate of drug-likeness (QED) is 0.861. The van der Waals surface area contributed by atoms with E-state index in [9.17, 15) is 4.79 Å². The molecule has 1 saturated carbocycles. The first-order chi connectivity index (χ1) is 9.74. The topological polar surface area (TPSA) is 32.3 Å². The Bertz CT molecular complexity index is 417. The van der Waals surface area contributed by atoms with Crippen molar-refractivity contribution in [2.45, 2.75) is 39.5 Å². The summed E-state index contributed by atoms with van der Waals surface area (Å²) in [5, 5.41) is 3.07. The number of hydrogen-bond acceptors (Lipinski definition) is 2. The Balaban J connectivity index is 1.89. The summed E-state index contributed by atoms with van der Waals surface area (Å²) in [5.74, 6) is 0.747. The Morgan fingerprint density at radius 1 is 1.15 bits per heavy atom. The minimum atomic E-state index is 0.0583. The predicted octanol–water partition coefficient (Wildman–Crippen LogP) is 3.45. The van der Waals surface area contributed by atoms with E-state index in [2.05, 4.69) is 24.1 Å². The normalized spacial score (nSPS) is 15.3. The van der Waals surface area contributed by atoms with E-state index in [1.165, 1.54) is 31.4 Å². The Kier molecular flexibility index (Phi) is 5.45. The van der Waals surface area contributed by atoms with Crippen molar-refractivity contribution in [3.63, 3.8) is 0 Å². The molecule has 0 unspecified atom stereocenters. The zero-order valence-corrected chi connectivity index (χ0v) is 12.7. The van der Waals surface area contributed by atoms with Crippen LogP contribution in [0, 0.1) is 5.92 Å². The highest BCUT2D eigenvalue weighted by Crippen LogP contribution is 2.23. The average Bonchev–Trinajstić information content (AvgIpc) is 3.00. The number of nitrogens with zero attached hydrogens (tertiary/aromatic N) is 1. The van der Waals surface area contributed by atoms with Gasteiger partial charge in [-0.1, -0.05) is 12.8 Å². The first kappa shape index (κ1) is 14.9. The van der Waals surface area contributed by atoms with Crippen LogP contribution in [0.2, 0.25) is 0 Å². The van der Waals surface area contributed by atoms with Gasteiger partial charge in [0.25, 0.3) is 5.91 Å². The van der Waals surface area contributed by atoms with Gasteiger partial charge in [-0.2, -0.15) is 0 Å². The Labute approximate surface area is 122 Å². The lowest BCUT2D eigenvalue weighted by molar-refractivity contribution is 0.0947. The van der Waals surface area contributed by atoms with Crippen LogP contribution in [0.1, 0.15) is 49.9 Å². The molecule has 1 fully saturated rings. The van der Waals surface area contributed by atoms with Crippen LogP contribution >= 0.6 is 0 Å². The molecule has 0 spiro atoms. The lowest BCUT2D eigenvalue weighted by Crippen LogP contribution is -2.28. The second kappa shape index (κ2) is 7.32. The molecule has 0 heterocycles. The molecule has 1 aromatic carbocycles. The van der Waals surface area contributed by atoms with E-state index in [1.54, 1.807) is 0 Å². The number of nitrogens with one attached hydrogen (secondary N) is 1. The van der Waals surface area contributed by atoms with Crippen molar-refractivity contribution in [3.05, 3.63) is 29.8 Å². The fraction of sp³-hybridized carbons (Fsp3) is 0.588. The highest BCUT2D eigenvalue weighted by molar-refractivity contribution is 5.94. The molecular formula is C17H26N2O. The van der Waals surface area contributed by atoms with Crippen molar-refractivity contribution in [1.29, 1.82) is 0 Å². The van der Waals surface area contributed by atoms with Gasteiger partial charge in [0.05, 0.1) is 0 Å². The predicted molar refractivity (Wildman–Crippen MR) is 84.3 cm³/mol. The molecule has 0 aliphatic heterocycles. The molecule has 1 amide bonds. The minimum absolute atomic E-state index is 0.0583. The van der Waals surface area contributed by atoms with Gasteiger partial charge in [-0.25, -0.2) is 0 Å². The second-order valence-corrected chi connectivity index (χ2v) is 5.58. The van der Waals surface area contributed by atoms with Crippen LogP contribution < -0.4 is 10.2 Å². The van der Waals surface area contributed by atoms with E-state index in [1.807, 2.05) is 24.3 Å². The van der Waals surface area contributed by atoms with Crippen LogP contribution in [0.25, 0.3) is 0 Å². The standard InChI is InChI=1S/C17H26N2O/c1-3-19(4-2)16-11-9-15(10-12-16)17(20)18-13-14-7-5-6-8-14/h9-12,14H,3-8,13H2,1-2H3,(H,18,20). The summed E-state index contributed by atoms with van der Waals surface area (Å²) in [6, 6.07) is 7.93. The monoisotopic (exact) mass is 274 g/mol. The molecule has 1 N–H and O–H groups in total. The van der Waals surface area contributed by atoms with E-state index in [4.69, 9.17) is 0 Å². The molecule has 0 atom stereocenters. The van der Waals surface area contributed by atoms with E-state index in [0.717, 1.165) is 25.2 Å². The number of amides is 1. The molecule has 0 aromatic heterocycles. The summed E-state index contributed by atoms with van der Waals surface area (Å²) >= 11 is 0. The van der Waals surface area contributed by atoms with Crippen molar-refractivity contribution in [2.75, 3.05) is 24.5 Å². The van der Waals surface area contributed by atoms with Crippen molar-refractivity contribution >= 4 is 11.6 Å². The lowest BCUT2D eigenvalue weighted by atomic mass is 10.1. The van der Waals surface area contributed by atoms with Crippen LogP contribution in [-0.4, -0.2) is 25.5 Å². The Hall–Kier alpha value is -1.51. The zero-order valence-electron chi connectivity index (χ0n) is 12.7. The smallest absolute Gasteiger partial charge is 0.251 e. The molecule has 1 aliphatic rings. The summed E-state index contributed by atoms with van der Waals surface area (Å²) in [7, 11) is 0. The third kappa shape index (κ3) is 3.75. The summed E-state index contributed by atoms with van der Waals surface area (Å²) in [6.07, 6.45) is 5.17. The van der Waals surface area contributed by atoms with Gasteiger partial charge >= 0.3 is 0 Å². The van der Waals surface area contributed by atoms with Crippen molar-refractivity contribution < 1.29 is 4.79 Å². The maximum absolute atomic E-state index is 12.1. The molecule has 1 aliphatic carbocycles. The number of carbonyl (C=O) groups excluding carboxylic acids is 1. The molecule has 0 bridgehead atoms. The SMILES string of the molecule is CCN(CC)c1ccc(C(=O)NCC2CCCC2)cc1. The lowest BCUT2D eigenvalue weighted by Gasteiger charge is -2.21. The van der Waals surface area contributed by atoms with Crippen molar-refractivity contribution in [1.82, 2.24) is 5.32 Å². The summed E-state index contributed by atoms with van der Waals surface area (Å²) in [5.41, 5.74) is 1.95. The molecule has 20 heavy (non-hydrogen) atoms. The molecule has 110 valence electrons. The fourth-order valence-corrected chi connectivity index (χ4v) is 2.97.